The predicted octanol–water partition coefficient (Wildman–Crippen LogP) is 5.56. The SMILES string of the molecule is CC(=O)c1ccc(Nc2nc(Cl)nc3sc4c(c23)CCCCC4)cc1. The average Bonchev–Trinajstić information content (AvgIpc) is 2.77. The smallest absolute Gasteiger partial charge is 0.225 e. The van der Waals surface area contributed by atoms with Crippen molar-refractivity contribution in [3.8, 4) is 0 Å². The average molecular weight is 372 g/mol. The number of anilines is 2. The number of Topliss-reactive ketones (excluding diaryl/α,β-unsaturated/α-hetero) is 1. The van der Waals surface area contributed by atoms with Gasteiger partial charge in [-0.05, 0) is 74.0 Å². The molecule has 128 valence electrons. The fraction of sp³-hybridized carbons (Fsp3) is 0.316. The first kappa shape index (κ1) is 16.5. The third-order valence-corrected chi connectivity index (χ3v) is 5.95. The van der Waals surface area contributed by atoms with Crippen LogP contribution in [0.25, 0.3) is 10.2 Å². The molecule has 1 aliphatic rings. The normalized spacial score (nSPS) is 14.2. The summed E-state index contributed by atoms with van der Waals surface area (Å²) in [5.74, 6) is 0.812. The zero-order chi connectivity index (χ0) is 17.4. The highest BCUT2D eigenvalue weighted by Gasteiger charge is 2.20. The minimum absolute atomic E-state index is 0.0576. The Labute approximate surface area is 155 Å². The number of hydrogen-bond acceptors (Lipinski definition) is 5. The van der Waals surface area contributed by atoms with Crippen LogP contribution in [0.15, 0.2) is 24.3 Å². The summed E-state index contributed by atoms with van der Waals surface area (Å²) in [5.41, 5.74) is 2.95. The van der Waals surface area contributed by atoms with E-state index in [-0.39, 0.29) is 11.1 Å². The molecular formula is C19H18ClN3OS. The zero-order valence-corrected chi connectivity index (χ0v) is 15.5. The van der Waals surface area contributed by atoms with Gasteiger partial charge in [-0.1, -0.05) is 6.42 Å². The van der Waals surface area contributed by atoms with Gasteiger partial charge in [0.1, 0.15) is 10.6 Å². The van der Waals surface area contributed by atoms with E-state index < -0.39 is 0 Å². The van der Waals surface area contributed by atoms with Gasteiger partial charge in [0.25, 0.3) is 0 Å². The van der Waals surface area contributed by atoms with E-state index in [4.69, 9.17) is 11.6 Å². The predicted molar refractivity (Wildman–Crippen MR) is 103 cm³/mol. The van der Waals surface area contributed by atoms with Gasteiger partial charge in [-0.15, -0.1) is 11.3 Å². The van der Waals surface area contributed by atoms with Crippen molar-refractivity contribution in [2.24, 2.45) is 0 Å². The highest BCUT2D eigenvalue weighted by atomic mass is 35.5. The Morgan fingerprint density at radius 2 is 1.88 bits per heavy atom. The number of aryl methyl sites for hydroxylation is 2. The molecule has 0 radical (unpaired) electrons. The molecule has 0 atom stereocenters. The van der Waals surface area contributed by atoms with Crippen LogP contribution in [-0.4, -0.2) is 15.8 Å². The molecule has 1 aromatic carbocycles. The summed E-state index contributed by atoms with van der Waals surface area (Å²) < 4.78 is 0. The molecule has 25 heavy (non-hydrogen) atoms. The number of thiophene rings is 1. The van der Waals surface area contributed by atoms with Crippen molar-refractivity contribution in [2.75, 3.05) is 5.32 Å². The first-order chi connectivity index (χ1) is 12.1. The van der Waals surface area contributed by atoms with E-state index in [1.54, 1.807) is 18.3 Å². The summed E-state index contributed by atoms with van der Waals surface area (Å²) in [5, 5.41) is 4.73. The molecule has 0 saturated heterocycles. The highest BCUT2D eigenvalue weighted by Crippen LogP contribution is 2.39. The second kappa shape index (κ2) is 6.73. The Hall–Kier alpha value is -1.98. The Balaban J connectivity index is 1.77. The molecule has 6 heteroatoms. The van der Waals surface area contributed by atoms with Crippen molar-refractivity contribution < 1.29 is 4.79 Å². The fourth-order valence-corrected chi connectivity index (χ4v) is 4.80. The lowest BCUT2D eigenvalue weighted by molar-refractivity contribution is 0.101. The van der Waals surface area contributed by atoms with Crippen molar-refractivity contribution in [2.45, 2.75) is 39.0 Å². The van der Waals surface area contributed by atoms with Gasteiger partial charge in [0, 0.05) is 16.1 Å². The maximum atomic E-state index is 11.4. The molecule has 0 amide bonds. The maximum absolute atomic E-state index is 11.4. The number of halogens is 1. The number of fused-ring (bicyclic) bond motifs is 3. The second-order valence-electron chi connectivity index (χ2n) is 6.34. The number of rotatable bonds is 3. The number of nitrogens with zero attached hydrogens (tertiary/aromatic N) is 2. The van der Waals surface area contributed by atoms with Crippen LogP contribution in [-0.2, 0) is 12.8 Å². The maximum Gasteiger partial charge on any atom is 0.225 e. The van der Waals surface area contributed by atoms with Gasteiger partial charge >= 0.3 is 0 Å². The van der Waals surface area contributed by atoms with E-state index in [0.717, 1.165) is 34.6 Å². The third-order valence-electron chi connectivity index (χ3n) is 4.59. The van der Waals surface area contributed by atoms with Crippen molar-refractivity contribution in [3.63, 3.8) is 0 Å². The summed E-state index contributed by atoms with van der Waals surface area (Å²) in [6.07, 6.45) is 5.88. The first-order valence-electron chi connectivity index (χ1n) is 8.47. The van der Waals surface area contributed by atoms with Gasteiger partial charge in [0.15, 0.2) is 5.78 Å². The van der Waals surface area contributed by atoms with Crippen LogP contribution in [0.5, 0.6) is 0 Å². The van der Waals surface area contributed by atoms with Crippen LogP contribution in [0, 0.1) is 0 Å². The van der Waals surface area contributed by atoms with Crippen molar-refractivity contribution in [1.82, 2.24) is 9.97 Å². The highest BCUT2D eigenvalue weighted by molar-refractivity contribution is 7.19. The van der Waals surface area contributed by atoms with Crippen LogP contribution in [0.1, 0.15) is 47.0 Å². The molecule has 0 spiro atoms. The van der Waals surface area contributed by atoms with Crippen LogP contribution in [0.4, 0.5) is 11.5 Å². The molecule has 0 unspecified atom stereocenters. The number of ketones is 1. The number of hydrogen-bond donors (Lipinski definition) is 1. The molecule has 1 aliphatic carbocycles. The van der Waals surface area contributed by atoms with E-state index in [0.29, 0.717) is 5.56 Å². The monoisotopic (exact) mass is 371 g/mol. The van der Waals surface area contributed by atoms with Gasteiger partial charge in [-0.3, -0.25) is 4.79 Å². The summed E-state index contributed by atoms with van der Waals surface area (Å²) in [6, 6.07) is 7.42. The van der Waals surface area contributed by atoms with Crippen LogP contribution < -0.4 is 5.32 Å². The minimum atomic E-state index is 0.0576. The number of aromatic nitrogens is 2. The Morgan fingerprint density at radius 1 is 1.12 bits per heavy atom. The van der Waals surface area contributed by atoms with Gasteiger partial charge < -0.3 is 5.32 Å². The number of carbonyl (C=O) groups excluding carboxylic acids is 1. The molecule has 0 fully saturated rings. The van der Waals surface area contributed by atoms with Gasteiger partial charge in [-0.2, -0.15) is 4.98 Å². The van der Waals surface area contributed by atoms with E-state index in [9.17, 15) is 4.79 Å². The topological polar surface area (TPSA) is 54.9 Å². The summed E-state index contributed by atoms with van der Waals surface area (Å²) in [6.45, 7) is 1.57. The molecule has 0 saturated carbocycles. The van der Waals surface area contributed by atoms with Crippen molar-refractivity contribution in [3.05, 3.63) is 45.6 Å². The minimum Gasteiger partial charge on any atom is -0.340 e. The van der Waals surface area contributed by atoms with E-state index in [1.807, 2.05) is 24.3 Å². The lowest BCUT2D eigenvalue weighted by atomic mass is 10.1. The quantitative estimate of drug-likeness (QED) is 0.372. The molecule has 2 aromatic heterocycles. The van der Waals surface area contributed by atoms with Gasteiger partial charge in [0.2, 0.25) is 5.28 Å². The number of carbonyl (C=O) groups is 1. The molecule has 0 bridgehead atoms. The summed E-state index contributed by atoms with van der Waals surface area (Å²) >= 11 is 7.89. The molecule has 0 aliphatic heterocycles. The van der Waals surface area contributed by atoms with E-state index in [2.05, 4.69) is 15.3 Å². The van der Waals surface area contributed by atoms with Crippen LogP contribution in [0.3, 0.4) is 0 Å². The fourth-order valence-electron chi connectivity index (χ4n) is 3.32. The molecule has 2 heterocycles. The summed E-state index contributed by atoms with van der Waals surface area (Å²) in [4.78, 5) is 22.7. The second-order valence-corrected chi connectivity index (χ2v) is 7.77. The van der Waals surface area contributed by atoms with E-state index in [1.165, 1.54) is 29.7 Å². The molecule has 4 nitrogen and oxygen atoms in total. The Morgan fingerprint density at radius 3 is 2.64 bits per heavy atom. The first-order valence-corrected chi connectivity index (χ1v) is 9.67. The van der Waals surface area contributed by atoms with Crippen molar-refractivity contribution in [1.29, 1.82) is 0 Å². The van der Waals surface area contributed by atoms with Gasteiger partial charge in [-0.25, -0.2) is 4.98 Å². The molecule has 1 N–H and O–H groups in total. The largest absolute Gasteiger partial charge is 0.340 e. The standard InChI is InChI=1S/C19H18ClN3OS/c1-11(24)12-7-9-13(10-8-12)21-17-16-14-5-3-2-4-6-15(14)25-18(16)23-19(20)22-17/h7-10H,2-6H2,1H3,(H,21,22,23). The zero-order valence-electron chi connectivity index (χ0n) is 13.9. The van der Waals surface area contributed by atoms with Gasteiger partial charge in [0.05, 0.1) is 5.39 Å². The summed E-state index contributed by atoms with van der Waals surface area (Å²) in [7, 11) is 0. The third kappa shape index (κ3) is 3.26. The number of nitrogens with one attached hydrogen (secondary N) is 1. The van der Waals surface area contributed by atoms with Crippen LogP contribution >= 0.6 is 22.9 Å². The Bertz CT molecular complexity index is 949. The van der Waals surface area contributed by atoms with Crippen molar-refractivity contribution >= 4 is 50.4 Å². The molecule has 3 aromatic rings. The Kier molecular flexibility index (Phi) is 4.44. The lowest BCUT2D eigenvalue weighted by Crippen LogP contribution is -1.99. The van der Waals surface area contributed by atoms with Crippen LogP contribution in [0.2, 0.25) is 5.28 Å². The number of benzene rings is 1. The molecular weight excluding hydrogens is 354 g/mol. The van der Waals surface area contributed by atoms with E-state index >= 15 is 0 Å². The molecule has 4 rings (SSSR count). The lowest BCUT2D eigenvalue weighted by Gasteiger charge is -2.09.